The lowest BCUT2D eigenvalue weighted by molar-refractivity contribution is -0.385. The monoisotopic (exact) mass is 288 g/mol. The van der Waals surface area contributed by atoms with Crippen molar-refractivity contribution in [2.45, 2.75) is 25.9 Å². The fraction of sp³-hybridized carbons (Fsp3) is 0.500. The average molecular weight is 289 g/mol. The minimum atomic E-state index is -0.375. The van der Waals surface area contributed by atoms with Crippen LogP contribution in [0, 0.1) is 10.1 Å². The van der Waals surface area contributed by atoms with Crippen LogP contribution in [0.15, 0.2) is 18.2 Å². The smallest absolute Gasteiger partial charge is 0.273 e. The molecule has 0 radical (unpaired) electrons. The van der Waals surface area contributed by atoms with Crippen LogP contribution in [0.1, 0.15) is 18.9 Å². The van der Waals surface area contributed by atoms with Gasteiger partial charge in [0, 0.05) is 29.2 Å². The zero-order chi connectivity index (χ0) is 13.5. The third-order valence-corrected chi connectivity index (χ3v) is 3.51. The highest BCUT2D eigenvalue weighted by Gasteiger charge is 2.14. The minimum Gasteiger partial charge on any atom is -0.310 e. The molecule has 0 aliphatic rings. The van der Waals surface area contributed by atoms with Gasteiger partial charge in [-0.3, -0.25) is 10.1 Å². The molecule has 0 heterocycles. The number of halogens is 1. The molecule has 1 rings (SSSR count). The van der Waals surface area contributed by atoms with Gasteiger partial charge in [-0.1, -0.05) is 11.6 Å². The molecule has 0 saturated heterocycles. The number of nitro benzene ring substituents is 1. The molecule has 0 fully saturated rings. The first kappa shape index (κ1) is 15.3. The molecule has 18 heavy (non-hydrogen) atoms. The SMILES string of the molecule is CSCCC(C)NCc1cc(Cl)ccc1[N+](=O)[O-]. The van der Waals surface area contributed by atoms with Crippen LogP contribution < -0.4 is 5.32 Å². The van der Waals surface area contributed by atoms with Gasteiger partial charge in [-0.05, 0) is 37.5 Å². The van der Waals surface area contributed by atoms with Gasteiger partial charge in [0.2, 0.25) is 0 Å². The van der Waals surface area contributed by atoms with Crippen molar-refractivity contribution in [1.29, 1.82) is 0 Å². The van der Waals surface area contributed by atoms with Crippen molar-refractivity contribution in [1.82, 2.24) is 5.32 Å². The van der Waals surface area contributed by atoms with E-state index in [1.165, 1.54) is 6.07 Å². The van der Waals surface area contributed by atoms with E-state index in [0.717, 1.165) is 12.2 Å². The first-order valence-electron chi connectivity index (χ1n) is 5.69. The molecular weight excluding hydrogens is 272 g/mol. The summed E-state index contributed by atoms with van der Waals surface area (Å²) in [6, 6.07) is 4.97. The van der Waals surface area contributed by atoms with Gasteiger partial charge in [0.25, 0.3) is 5.69 Å². The quantitative estimate of drug-likeness (QED) is 0.616. The van der Waals surface area contributed by atoms with Crippen molar-refractivity contribution < 1.29 is 4.92 Å². The molecule has 0 saturated carbocycles. The second-order valence-corrected chi connectivity index (χ2v) is 5.52. The highest BCUT2D eigenvalue weighted by molar-refractivity contribution is 7.98. The Labute approximate surface area is 116 Å². The summed E-state index contributed by atoms with van der Waals surface area (Å²) in [5.41, 5.74) is 0.743. The van der Waals surface area contributed by atoms with E-state index in [4.69, 9.17) is 11.6 Å². The van der Waals surface area contributed by atoms with E-state index in [2.05, 4.69) is 18.5 Å². The maximum absolute atomic E-state index is 10.9. The Bertz CT molecular complexity index is 415. The van der Waals surface area contributed by atoms with Crippen molar-refractivity contribution in [3.05, 3.63) is 38.9 Å². The molecule has 6 heteroatoms. The summed E-state index contributed by atoms with van der Waals surface area (Å²) in [5.74, 6) is 1.08. The largest absolute Gasteiger partial charge is 0.310 e. The zero-order valence-corrected chi connectivity index (χ0v) is 12.1. The van der Waals surface area contributed by atoms with Crippen LogP contribution in [0.5, 0.6) is 0 Å². The molecule has 0 bridgehead atoms. The summed E-state index contributed by atoms with van der Waals surface area (Å²) in [6.07, 6.45) is 3.10. The highest BCUT2D eigenvalue weighted by atomic mass is 35.5. The Kier molecular flexibility index (Phi) is 6.46. The first-order valence-corrected chi connectivity index (χ1v) is 7.47. The molecule has 0 amide bonds. The first-order chi connectivity index (χ1) is 8.54. The Morgan fingerprint density at radius 3 is 2.89 bits per heavy atom. The topological polar surface area (TPSA) is 55.2 Å². The second-order valence-electron chi connectivity index (χ2n) is 4.09. The van der Waals surface area contributed by atoms with Gasteiger partial charge in [0.15, 0.2) is 0 Å². The van der Waals surface area contributed by atoms with E-state index in [1.807, 2.05) is 0 Å². The van der Waals surface area contributed by atoms with Gasteiger partial charge in [-0.2, -0.15) is 11.8 Å². The maximum atomic E-state index is 10.9. The van der Waals surface area contributed by atoms with E-state index >= 15 is 0 Å². The van der Waals surface area contributed by atoms with Gasteiger partial charge >= 0.3 is 0 Å². The molecule has 1 atom stereocenters. The molecule has 1 unspecified atom stereocenters. The number of thioether (sulfide) groups is 1. The minimum absolute atomic E-state index is 0.115. The van der Waals surface area contributed by atoms with E-state index in [-0.39, 0.29) is 10.6 Å². The molecule has 0 aromatic heterocycles. The standard InChI is InChI=1S/C12H17ClN2O2S/c1-9(5-6-18-2)14-8-10-7-11(13)3-4-12(10)15(16)17/h3-4,7,9,14H,5-6,8H2,1-2H3. The lowest BCUT2D eigenvalue weighted by Crippen LogP contribution is -2.26. The molecule has 1 aromatic carbocycles. The molecule has 1 N–H and O–H groups in total. The number of nitro groups is 1. The summed E-state index contributed by atoms with van der Waals surface area (Å²) in [5, 5.41) is 14.7. The van der Waals surface area contributed by atoms with E-state index in [1.54, 1.807) is 23.9 Å². The van der Waals surface area contributed by atoms with Crippen molar-refractivity contribution in [3.63, 3.8) is 0 Å². The van der Waals surface area contributed by atoms with Crippen molar-refractivity contribution in [2.75, 3.05) is 12.0 Å². The van der Waals surface area contributed by atoms with Gasteiger partial charge < -0.3 is 5.32 Å². The average Bonchev–Trinajstić information content (AvgIpc) is 2.33. The number of nitrogens with zero attached hydrogens (tertiary/aromatic N) is 1. The summed E-state index contributed by atoms with van der Waals surface area (Å²) < 4.78 is 0. The van der Waals surface area contributed by atoms with Crippen molar-refractivity contribution in [2.24, 2.45) is 0 Å². The molecule has 4 nitrogen and oxygen atoms in total. The lowest BCUT2D eigenvalue weighted by Gasteiger charge is -2.13. The summed E-state index contributed by atoms with van der Waals surface area (Å²) in [6.45, 7) is 2.54. The van der Waals surface area contributed by atoms with Crippen LogP contribution in [0.2, 0.25) is 5.02 Å². The zero-order valence-electron chi connectivity index (χ0n) is 10.5. The van der Waals surface area contributed by atoms with Crippen LogP contribution >= 0.6 is 23.4 Å². The maximum Gasteiger partial charge on any atom is 0.273 e. The van der Waals surface area contributed by atoms with Crippen LogP contribution in [0.3, 0.4) is 0 Å². The predicted octanol–water partition coefficient (Wildman–Crippen LogP) is 3.48. The Morgan fingerprint density at radius 2 is 2.28 bits per heavy atom. The molecular formula is C12H17ClN2O2S. The van der Waals surface area contributed by atoms with E-state index in [9.17, 15) is 10.1 Å². The number of hydrogen-bond donors (Lipinski definition) is 1. The summed E-state index contributed by atoms with van der Waals surface area (Å²) in [4.78, 5) is 10.5. The predicted molar refractivity (Wildman–Crippen MR) is 77.4 cm³/mol. The Morgan fingerprint density at radius 1 is 1.56 bits per heavy atom. The highest BCUT2D eigenvalue weighted by Crippen LogP contribution is 2.22. The molecule has 0 aliphatic carbocycles. The number of hydrogen-bond acceptors (Lipinski definition) is 4. The van der Waals surface area contributed by atoms with Gasteiger partial charge in [-0.25, -0.2) is 0 Å². The van der Waals surface area contributed by atoms with Gasteiger partial charge in [0.05, 0.1) is 4.92 Å². The number of benzene rings is 1. The third-order valence-electron chi connectivity index (χ3n) is 2.63. The Balaban J connectivity index is 2.65. The molecule has 0 spiro atoms. The summed E-state index contributed by atoms with van der Waals surface area (Å²) >= 11 is 7.66. The van der Waals surface area contributed by atoms with Crippen molar-refractivity contribution in [3.8, 4) is 0 Å². The second kappa shape index (κ2) is 7.61. The van der Waals surface area contributed by atoms with Crippen molar-refractivity contribution >= 4 is 29.1 Å². The van der Waals surface area contributed by atoms with Gasteiger partial charge in [0.1, 0.15) is 0 Å². The Hall–Kier alpha value is -0.780. The molecule has 100 valence electrons. The normalized spacial score (nSPS) is 12.4. The van der Waals surface area contributed by atoms with Crippen LogP contribution in [0.4, 0.5) is 5.69 Å². The molecule has 1 aromatic rings. The fourth-order valence-electron chi connectivity index (χ4n) is 1.55. The fourth-order valence-corrected chi connectivity index (χ4v) is 2.34. The lowest BCUT2D eigenvalue weighted by atomic mass is 10.1. The van der Waals surface area contributed by atoms with E-state index in [0.29, 0.717) is 23.2 Å². The van der Waals surface area contributed by atoms with Gasteiger partial charge in [-0.15, -0.1) is 0 Å². The number of rotatable bonds is 7. The van der Waals surface area contributed by atoms with Crippen LogP contribution in [-0.4, -0.2) is 23.0 Å². The number of nitrogens with one attached hydrogen (secondary N) is 1. The summed E-state index contributed by atoms with van der Waals surface area (Å²) in [7, 11) is 0. The van der Waals surface area contributed by atoms with Crippen LogP contribution in [0.25, 0.3) is 0 Å². The van der Waals surface area contributed by atoms with E-state index < -0.39 is 0 Å². The van der Waals surface area contributed by atoms with Crippen LogP contribution in [-0.2, 0) is 6.54 Å². The third kappa shape index (κ3) is 4.84. The molecule has 0 aliphatic heterocycles.